The van der Waals surface area contributed by atoms with Crippen molar-refractivity contribution in [1.82, 2.24) is 4.98 Å². The van der Waals surface area contributed by atoms with Gasteiger partial charge in [0.15, 0.2) is 5.69 Å². The molecule has 16 heteroatoms. The third-order valence-corrected chi connectivity index (χ3v) is 4.29. The van der Waals surface area contributed by atoms with Crippen molar-refractivity contribution in [3.05, 3.63) is 64.0 Å². The third-order valence-electron chi connectivity index (χ3n) is 4.29. The van der Waals surface area contributed by atoms with Crippen molar-refractivity contribution in [3.63, 3.8) is 0 Å². The SMILES string of the molecule is OC(CC(O)c1ccc(C(F)(F)F)nc1C(F)(F)F)c1cc(C(F)(F)F)cc(C(F)(F)F)c1.[Fe]. The number of aliphatic hydroxyl groups is 2. The molecule has 34 heavy (non-hydrogen) atoms. The molecule has 2 rings (SSSR count). The van der Waals surface area contributed by atoms with Crippen LogP contribution in [0.2, 0.25) is 0 Å². The van der Waals surface area contributed by atoms with E-state index < -0.39 is 77.0 Å². The number of nitrogens with zero attached hydrogens (tertiary/aromatic N) is 1. The Morgan fingerprint density at radius 1 is 0.647 bits per heavy atom. The molecule has 0 fully saturated rings. The van der Waals surface area contributed by atoms with E-state index in [4.69, 9.17) is 0 Å². The molecule has 0 bridgehead atoms. The van der Waals surface area contributed by atoms with E-state index in [1.165, 1.54) is 0 Å². The minimum atomic E-state index is -5.51. The maximum atomic E-state index is 13.2. The second-order valence-electron chi connectivity index (χ2n) is 6.74. The second-order valence-corrected chi connectivity index (χ2v) is 6.74. The van der Waals surface area contributed by atoms with Crippen LogP contribution in [0.4, 0.5) is 52.7 Å². The Morgan fingerprint density at radius 3 is 1.50 bits per heavy atom. The molecule has 0 saturated carbocycles. The minimum Gasteiger partial charge on any atom is -0.388 e. The molecular weight excluding hydrogens is 546 g/mol. The van der Waals surface area contributed by atoms with Gasteiger partial charge in [-0.1, -0.05) is 6.07 Å². The Balaban J connectivity index is 0.00000578. The maximum Gasteiger partial charge on any atom is 0.433 e. The Bertz CT molecular complexity index is 966. The summed E-state index contributed by atoms with van der Waals surface area (Å²) in [6, 6.07) is 0.230. The summed E-state index contributed by atoms with van der Waals surface area (Å²) >= 11 is 0. The molecule has 0 aliphatic heterocycles. The Morgan fingerprint density at radius 2 is 1.12 bits per heavy atom. The van der Waals surface area contributed by atoms with Crippen molar-refractivity contribution < 1.29 is 80.0 Å². The van der Waals surface area contributed by atoms with Crippen LogP contribution in [-0.2, 0) is 41.8 Å². The van der Waals surface area contributed by atoms with Crippen LogP contribution in [0.25, 0.3) is 0 Å². The summed E-state index contributed by atoms with van der Waals surface area (Å²) in [7, 11) is 0. The smallest absolute Gasteiger partial charge is 0.388 e. The molecule has 1 aromatic heterocycles. The largest absolute Gasteiger partial charge is 0.433 e. The number of alkyl halides is 12. The summed E-state index contributed by atoms with van der Waals surface area (Å²) in [5.74, 6) is 0. The molecule has 0 spiro atoms. The quantitative estimate of drug-likeness (QED) is 0.343. The zero-order valence-corrected chi connectivity index (χ0v) is 17.1. The van der Waals surface area contributed by atoms with E-state index in [0.29, 0.717) is 0 Å². The molecule has 192 valence electrons. The Kier molecular flexibility index (Phi) is 8.75. The molecule has 3 nitrogen and oxygen atoms in total. The maximum absolute atomic E-state index is 13.2. The van der Waals surface area contributed by atoms with Crippen molar-refractivity contribution in [2.75, 3.05) is 0 Å². The molecule has 1 aromatic carbocycles. The first-order chi connectivity index (χ1) is 14.7. The zero-order chi connectivity index (χ0) is 25.6. The van der Waals surface area contributed by atoms with Gasteiger partial charge in [-0.05, 0) is 29.8 Å². The van der Waals surface area contributed by atoms with Crippen LogP contribution in [-0.4, -0.2) is 15.2 Å². The van der Waals surface area contributed by atoms with Crippen molar-refractivity contribution in [2.45, 2.75) is 43.3 Å². The first-order valence-electron chi connectivity index (χ1n) is 8.52. The van der Waals surface area contributed by atoms with Crippen molar-refractivity contribution in [1.29, 1.82) is 0 Å². The van der Waals surface area contributed by atoms with Crippen LogP contribution in [0.3, 0.4) is 0 Å². The van der Waals surface area contributed by atoms with Gasteiger partial charge < -0.3 is 10.2 Å². The van der Waals surface area contributed by atoms with E-state index in [1.54, 1.807) is 0 Å². The summed E-state index contributed by atoms with van der Waals surface area (Å²) in [6.45, 7) is 0. The van der Waals surface area contributed by atoms with E-state index in [2.05, 4.69) is 4.98 Å². The van der Waals surface area contributed by atoms with Gasteiger partial charge in [0.1, 0.15) is 5.69 Å². The normalized spacial score (nSPS) is 15.0. The number of pyridine rings is 1. The van der Waals surface area contributed by atoms with Gasteiger partial charge in [0.25, 0.3) is 0 Å². The molecule has 0 aliphatic carbocycles. The average Bonchev–Trinajstić information content (AvgIpc) is 2.64. The standard InChI is InChI=1S/C18H11F12NO2.Fe/c19-15(20,21)8-3-7(4-9(5-8)16(22,23)24)11(32)6-12(33)10-1-2-13(17(25,26)27)31-14(10)18(28,29)30;/h1-5,11-12,32-33H,6H2;. The van der Waals surface area contributed by atoms with Crippen LogP contribution in [0, 0.1) is 0 Å². The first-order valence-corrected chi connectivity index (χ1v) is 8.52. The van der Waals surface area contributed by atoms with Crippen LogP contribution in [0.1, 0.15) is 52.3 Å². The first kappa shape index (κ1) is 30.0. The topological polar surface area (TPSA) is 53.4 Å². The number of hydrogen-bond acceptors (Lipinski definition) is 3. The van der Waals surface area contributed by atoms with Gasteiger partial charge >= 0.3 is 24.7 Å². The fraction of sp³-hybridized carbons (Fsp3) is 0.389. The van der Waals surface area contributed by atoms with Gasteiger partial charge in [-0.3, -0.25) is 0 Å². The van der Waals surface area contributed by atoms with Gasteiger partial charge in [0, 0.05) is 29.1 Å². The zero-order valence-electron chi connectivity index (χ0n) is 16.0. The van der Waals surface area contributed by atoms with Crippen molar-refractivity contribution in [3.8, 4) is 0 Å². The van der Waals surface area contributed by atoms with E-state index in [1.807, 2.05) is 0 Å². The van der Waals surface area contributed by atoms with E-state index >= 15 is 0 Å². The number of benzene rings is 1. The van der Waals surface area contributed by atoms with Crippen LogP contribution >= 0.6 is 0 Å². The van der Waals surface area contributed by atoms with Gasteiger partial charge in [0.2, 0.25) is 0 Å². The fourth-order valence-electron chi connectivity index (χ4n) is 2.77. The van der Waals surface area contributed by atoms with Crippen LogP contribution in [0.5, 0.6) is 0 Å². The van der Waals surface area contributed by atoms with E-state index in [-0.39, 0.29) is 47.4 Å². The molecule has 2 aromatic rings. The molecule has 2 atom stereocenters. The summed E-state index contributed by atoms with van der Waals surface area (Å²) in [5, 5.41) is 20.1. The number of rotatable bonds is 4. The van der Waals surface area contributed by atoms with Crippen molar-refractivity contribution in [2.24, 2.45) is 0 Å². The molecule has 0 amide bonds. The third kappa shape index (κ3) is 7.23. The predicted octanol–water partition coefficient (Wildman–Crippen LogP) is 6.31. The van der Waals surface area contributed by atoms with Crippen molar-refractivity contribution >= 4 is 0 Å². The minimum absolute atomic E-state index is 0. The van der Waals surface area contributed by atoms with Gasteiger partial charge in [-0.25, -0.2) is 4.98 Å². The monoisotopic (exact) mass is 557 g/mol. The molecule has 1 heterocycles. The Labute approximate surface area is 192 Å². The van der Waals surface area contributed by atoms with E-state index in [9.17, 15) is 62.9 Å². The second kappa shape index (κ2) is 9.91. The number of aromatic nitrogens is 1. The van der Waals surface area contributed by atoms with E-state index in [0.717, 1.165) is 0 Å². The van der Waals surface area contributed by atoms with Crippen LogP contribution < -0.4 is 0 Å². The number of aliphatic hydroxyl groups excluding tert-OH is 2. The molecule has 2 unspecified atom stereocenters. The summed E-state index contributed by atoms with van der Waals surface area (Å²) in [4.78, 5) is 2.42. The number of hydrogen-bond donors (Lipinski definition) is 2. The Hall–Kier alpha value is -2.03. The number of halogens is 12. The summed E-state index contributed by atoms with van der Waals surface area (Å²) in [6.07, 6.45) is -27.4. The van der Waals surface area contributed by atoms with Crippen LogP contribution in [0.15, 0.2) is 30.3 Å². The molecule has 0 saturated heterocycles. The molecular formula is C18H11F12FeNO2. The molecule has 0 aliphatic rings. The van der Waals surface area contributed by atoms with Gasteiger partial charge in [-0.2, -0.15) is 52.7 Å². The predicted molar refractivity (Wildman–Crippen MR) is 85.2 cm³/mol. The van der Waals surface area contributed by atoms with Gasteiger partial charge in [0.05, 0.1) is 23.3 Å². The fourth-order valence-corrected chi connectivity index (χ4v) is 2.77. The summed E-state index contributed by atoms with van der Waals surface area (Å²) < 4.78 is 155. The summed E-state index contributed by atoms with van der Waals surface area (Å²) in [5.41, 5.74) is -10.1. The van der Waals surface area contributed by atoms with Gasteiger partial charge in [-0.15, -0.1) is 0 Å². The average molecular weight is 557 g/mol. The molecule has 0 radical (unpaired) electrons. The molecule has 2 N–H and O–H groups in total.